The Hall–Kier alpha value is -11.3. The quantitative estimate of drug-likeness (QED) is 0.0244. The van der Waals surface area contributed by atoms with Gasteiger partial charge in [0.15, 0.2) is 0 Å². The average molecular weight is 1580 g/mol. The molecule has 10 rings (SSSR count). The normalized spacial score (nSPS) is 16.5. The van der Waals surface area contributed by atoms with Gasteiger partial charge in [-0.25, -0.2) is 0 Å². The van der Waals surface area contributed by atoms with Crippen molar-refractivity contribution in [2.45, 2.75) is 201 Å². The molecule has 0 unspecified atom stereocenters. The predicted molar refractivity (Wildman–Crippen MR) is 440 cm³/mol. The minimum atomic E-state index is -1.47. The SMILES string of the molecule is NCCCC[C@H](NC(=O)[C@H](CCCCN)NC(=O)[C@H](Cc1ccccc1)NC(=O)[C@@H]1CCCN1C(=O)[C@H](Cc1c[nH]c2ccccc12)NC(=O)[C@H](Cc1c[nH]c2ccccc12)NC(=O)[C@H](Cc1c[nH]c2ccccc12)NC(=O)[C@@H]1CCCN1C(=O)[C@H](Cc1ccccc1)NC(=O)[C@H](CCCCN)NC(=O)[C@@H](N)CCCCN)C(N)=O. The zero-order chi connectivity index (χ0) is 81.8. The van der Waals surface area contributed by atoms with Crippen molar-refractivity contribution in [3.8, 4) is 0 Å². The Morgan fingerprint density at radius 2 is 0.652 bits per heavy atom. The molecule has 8 aromatic rings. The first-order valence-corrected chi connectivity index (χ1v) is 40.4. The molecule has 0 aliphatic carbocycles. The molecule has 0 spiro atoms. The number of H-pyrrole nitrogens is 3. The van der Waals surface area contributed by atoms with Crippen LogP contribution in [0.3, 0.4) is 0 Å². The number of fused-ring (bicyclic) bond motifs is 3. The third-order valence-corrected chi connectivity index (χ3v) is 21.7. The molecule has 23 N–H and O–H groups in total. The lowest BCUT2D eigenvalue weighted by Crippen LogP contribution is -2.61. The largest absolute Gasteiger partial charge is 0.368 e. The van der Waals surface area contributed by atoms with Gasteiger partial charge in [-0.05, 0) is 169 Å². The summed E-state index contributed by atoms with van der Waals surface area (Å²) < 4.78 is 0. The highest BCUT2D eigenvalue weighted by molar-refractivity contribution is 6.01. The van der Waals surface area contributed by atoms with Crippen LogP contribution in [0.2, 0.25) is 0 Å². The van der Waals surface area contributed by atoms with Crippen molar-refractivity contribution in [3.63, 3.8) is 0 Å². The number of carbonyl (C=O) groups is 11. The van der Waals surface area contributed by atoms with E-state index < -0.39 is 131 Å². The molecule has 5 heterocycles. The van der Waals surface area contributed by atoms with E-state index >= 15 is 28.8 Å². The Kier molecular flexibility index (Phi) is 32.4. The number of carbonyl (C=O) groups excluding carboxylic acids is 11. The monoisotopic (exact) mass is 1580 g/mol. The molecule has 2 aliphatic rings. The summed E-state index contributed by atoms with van der Waals surface area (Å²) in [6, 6.07) is 26.9. The van der Waals surface area contributed by atoms with E-state index in [1.54, 1.807) is 61.1 Å². The summed E-state index contributed by atoms with van der Waals surface area (Å²) in [5.74, 6) is -7.42. The Bertz CT molecular complexity index is 4590. The maximum Gasteiger partial charge on any atom is 0.246 e. The number of benzene rings is 5. The number of nitrogens with two attached hydrogens (primary N) is 6. The van der Waals surface area contributed by atoms with E-state index in [1.807, 2.05) is 91.0 Å². The number of amides is 11. The van der Waals surface area contributed by atoms with Gasteiger partial charge in [0.1, 0.15) is 60.4 Å². The highest BCUT2D eigenvalue weighted by Gasteiger charge is 2.43. The number of aromatic nitrogens is 3. The van der Waals surface area contributed by atoms with Gasteiger partial charge in [0.05, 0.1) is 6.04 Å². The van der Waals surface area contributed by atoms with E-state index in [9.17, 15) is 24.0 Å². The van der Waals surface area contributed by atoms with Crippen LogP contribution in [0.15, 0.2) is 152 Å². The molecule has 30 heteroatoms. The van der Waals surface area contributed by atoms with Crippen LogP contribution >= 0.6 is 0 Å². The highest BCUT2D eigenvalue weighted by atomic mass is 16.2. The number of aromatic amines is 3. The van der Waals surface area contributed by atoms with E-state index in [0.717, 1.165) is 32.7 Å². The predicted octanol–water partition coefficient (Wildman–Crippen LogP) is 2.83. The zero-order valence-electron chi connectivity index (χ0n) is 65.2. The first-order valence-electron chi connectivity index (χ1n) is 40.4. The van der Waals surface area contributed by atoms with E-state index in [0.29, 0.717) is 125 Å². The molecule has 2 fully saturated rings. The first kappa shape index (κ1) is 86.1. The lowest BCUT2D eigenvalue weighted by Gasteiger charge is -2.32. The summed E-state index contributed by atoms with van der Waals surface area (Å²) in [5.41, 5.74) is 40.7. The minimum Gasteiger partial charge on any atom is -0.368 e. The molecule has 2 saturated heterocycles. The van der Waals surface area contributed by atoms with Crippen molar-refractivity contribution in [3.05, 3.63) is 180 Å². The van der Waals surface area contributed by atoms with E-state index in [4.69, 9.17) is 34.4 Å². The molecule has 30 nitrogen and oxygen atoms in total. The molecule has 5 aromatic carbocycles. The number of unbranched alkanes of at least 4 members (excludes halogenated alkanes) is 4. The summed E-state index contributed by atoms with van der Waals surface area (Å²) in [4.78, 5) is 176. The lowest BCUT2D eigenvalue weighted by molar-refractivity contribution is -0.143. The molecule has 11 amide bonds. The zero-order valence-corrected chi connectivity index (χ0v) is 65.2. The van der Waals surface area contributed by atoms with Crippen molar-refractivity contribution in [1.82, 2.24) is 67.3 Å². The van der Waals surface area contributed by atoms with Gasteiger partial charge >= 0.3 is 0 Å². The molecular weight excluding hydrogens is 1460 g/mol. The fourth-order valence-corrected chi connectivity index (χ4v) is 15.4. The van der Waals surface area contributed by atoms with Gasteiger partial charge in [0.2, 0.25) is 65.0 Å². The molecule has 11 atom stereocenters. The number of para-hydroxylation sites is 3. The van der Waals surface area contributed by atoms with Crippen LogP contribution in [0.5, 0.6) is 0 Å². The number of hydrogen-bond acceptors (Lipinski definition) is 16. The second kappa shape index (κ2) is 43.3. The van der Waals surface area contributed by atoms with Crippen LogP contribution in [0.1, 0.15) is 131 Å². The molecule has 0 saturated carbocycles. The van der Waals surface area contributed by atoms with Crippen LogP contribution in [0, 0.1) is 0 Å². The molecule has 0 bridgehead atoms. The topological polar surface area (TPSA) is 494 Å². The second-order valence-corrected chi connectivity index (χ2v) is 30.1. The molecule has 3 aromatic heterocycles. The van der Waals surface area contributed by atoms with Crippen LogP contribution in [-0.2, 0) is 84.8 Å². The molecular formula is C85H113N19O11. The van der Waals surface area contributed by atoms with E-state index in [2.05, 4.69) is 57.5 Å². The van der Waals surface area contributed by atoms with Crippen molar-refractivity contribution >= 4 is 97.7 Å². The Balaban J connectivity index is 0.937. The number of likely N-dealkylation sites (tertiary alicyclic amines) is 2. The lowest BCUT2D eigenvalue weighted by atomic mass is 9.99. The Morgan fingerprint density at radius 1 is 0.348 bits per heavy atom. The summed E-state index contributed by atoms with van der Waals surface area (Å²) >= 11 is 0. The van der Waals surface area contributed by atoms with E-state index in [1.165, 1.54) is 9.80 Å². The molecule has 614 valence electrons. The van der Waals surface area contributed by atoms with E-state index in [-0.39, 0.29) is 77.3 Å². The molecule has 115 heavy (non-hydrogen) atoms. The average Bonchev–Trinajstić information content (AvgIpc) is 1.70. The number of primary amides is 1. The maximum atomic E-state index is 15.9. The Labute approximate surface area is 669 Å². The fourth-order valence-electron chi connectivity index (χ4n) is 15.4. The van der Waals surface area contributed by atoms with Crippen LogP contribution in [-0.4, -0.2) is 195 Å². The number of nitrogens with one attached hydrogen (secondary N) is 11. The van der Waals surface area contributed by atoms with Crippen molar-refractivity contribution in [2.75, 3.05) is 39.3 Å². The van der Waals surface area contributed by atoms with Gasteiger partial charge in [0.25, 0.3) is 0 Å². The van der Waals surface area contributed by atoms with Gasteiger partial charge in [-0.15, -0.1) is 0 Å². The van der Waals surface area contributed by atoms with Gasteiger partial charge in [0, 0.05) is 96.5 Å². The van der Waals surface area contributed by atoms with Gasteiger partial charge < -0.3 is 102 Å². The van der Waals surface area contributed by atoms with Crippen molar-refractivity contribution in [1.29, 1.82) is 0 Å². The summed E-state index contributed by atoms with van der Waals surface area (Å²) in [7, 11) is 0. The number of rotatable bonds is 45. The number of nitrogens with zero attached hydrogens (tertiary/aromatic N) is 2. The van der Waals surface area contributed by atoms with Crippen LogP contribution < -0.4 is 76.9 Å². The highest BCUT2D eigenvalue weighted by Crippen LogP contribution is 2.28. The summed E-state index contributed by atoms with van der Waals surface area (Å²) in [6.07, 6.45) is 11.2. The maximum absolute atomic E-state index is 15.9. The second-order valence-electron chi connectivity index (χ2n) is 30.1. The smallest absolute Gasteiger partial charge is 0.246 e. The standard InChI is InChI=1S/C85H113N19O11/c86-39-17-13-30-61(90)76(106)96-66(35-15-19-41-88)78(108)101-71(46-54-25-5-2-6-26-54)84(114)103-43-21-38-74(103)83(113)100-70(48-56-51-93-63-32-11-8-28-59(56)63)80(110)98-69(47-55-50-92-62-31-10-7-27-58(55)62)81(111)102-72(49-57-52-94-64-33-12-9-29-60(57)64)85(115)104-44-22-37-73(104)82(112)99-68(45-53-23-3-1-4-24-53)79(109)97-67(36-16-20-42-89)77(107)95-65(75(91)105)34-14-18-40-87/h1-12,23-29,31-33,50-52,61,65-74,92-94H,13-22,30,34-49,86-90H2,(H2,91,105)(H,95,107)(H,96,106)(H,97,109)(H,98,110)(H,99,112)(H,100,113)(H,101,108)(H,102,111)/t61-,65-,66-,67-,68-,69-,70-,71-,72-,73-,74-/m0/s1. The van der Waals surface area contributed by atoms with Crippen LogP contribution in [0.25, 0.3) is 32.7 Å². The van der Waals surface area contributed by atoms with Crippen LogP contribution in [0.4, 0.5) is 0 Å². The van der Waals surface area contributed by atoms with Gasteiger partial charge in [-0.3, -0.25) is 52.7 Å². The fraction of sp³-hybridized carbons (Fsp3) is 0.447. The Morgan fingerprint density at radius 3 is 1.06 bits per heavy atom. The minimum absolute atomic E-state index is 0.0170. The third-order valence-electron chi connectivity index (χ3n) is 21.7. The van der Waals surface area contributed by atoms with Crippen molar-refractivity contribution < 1.29 is 52.7 Å². The van der Waals surface area contributed by atoms with Gasteiger partial charge in [-0.1, -0.05) is 122 Å². The molecule has 0 radical (unpaired) electrons. The third kappa shape index (κ3) is 23.9. The van der Waals surface area contributed by atoms with Gasteiger partial charge in [-0.2, -0.15) is 0 Å². The summed E-state index contributed by atoms with van der Waals surface area (Å²) in [5, 5.41) is 25.6. The van der Waals surface area contributed by atoms with Crippen molar-refractivity contribution in [2.24, 2.45) is 34.4 Å². The summed E-state index contributed by atoms with van der Waals surface area (Å²) in [6.45, 7) is 1.64. The molecule has 2 aliphatic heterocycles. The number of hydrogen-bond donors (Lipinski definition) is 17. The first-order chi connectivity index (χ1) is 55.7.